The van der Waals surface area contributed by atoms with Crippen LogP contribution in [0, 0.1) is 18.6 Å². The molecule has 8 heteroatoms. The summed E-state index contributed by atoms with van der Waals surface area (Å²) in [6.07, 6.45) is 1.64. The first-order valence-electron chi connectivity index (χ1n) is 8.81. The number of hydrogen-bond donors (Lipinski definition) is 1. The highest BCUT2D eigenvalue weighted by molar-refractivity contribution is 5.91. The maximum atomic E-state index is 13.7. The fraction of sp³-hybridized carbons (Fsp3) is 0.0952. The van der Waals surface area contributed by atoms with Crippen LogP contribution < -0.4 is 5.32 Å². The van der Waals surface area contributed by atoms with E-state index in [1.165, 1.54) is 6.07 Å². The molecule has 0 aliphatic carbocycles. The van der Waals surface area contributed by atoms with Crippen molar-refractivity contribution in [1.29, 1.82) is 0 Å². The highest BCUT2D eigenvalue weighted by atomic mass is 19.1. The van der Waals surface area contributed by atoms with E-state index >= 15 is 0 Å². The van der Waals surface area contributed by atoms with Crippen LogP contribution in [0.1, 0.15) is 5.56 Å². The molecule has 0 saturated heterocycles. The van der Waals surface area contributed by atoms with Crippen molar-refractivity contribution in [3.63, 3.8) is 0 Å². The van der Waals surface area contributed by atoms with Crippen molar-refractivity contribution in [3.8, 4) is 23.0 Å². The van der Waals surface area contributed by atoms with Crippen molar-refractivity contribution in [1.82, 2.24) is 14.7 Å². The van der Waals surface area contributed by atoms with Crippen LogP contribution in [0.15, 0.2) is 65.3 Å². The minimum Gasteiger partial charge on any atom is -0.334 e. The second-order valence-electron chi connectivity index (χ2n) is 6.46. The molecule has 0 radical (unpaired) electrons. The Morgan fingerprint density at radius 3 is 2.52 bits per heavy atom. The van der Waals surface area contributed by atoms with Crippen LogP contribution in [0.3, 0.4) is 0 Å². The van der Waals surface area contributed by atoms with Crippen LogP contribution in [-0.2, 0) is 11.3 Å². The number of benzene rings is 2. The third-order valence-corrected chi connectivity index (χ3v) is 4.33. The largest absolute Gasteiger partial charge is 0.334 e. The third kappa shape index (κ3) is 3.91. The van der Waals surface area contributed by atoms with Gasteiger partial charge in [0.25, 0.3) is 5.89 Å². The summed E-state index contributed by atoms with van der Waals surface area (Å²) < 4.78 is 34.4. The zero-order valence-electron chi connectivity index (χ0n) is 15.4. The van der Waals surface area contributed by atoms with E-state index in [0.717, 1.165) is 23.3 Å². The molecule has 0 atom stereocenters. The summed E-state index contributed by atoms with van der Waals surface area (Å²) >= 11 is 0. The molecular formula is C21H16F2N4O2. The standard InChI is InChI=1S/C21H16F2N4O2/c1-13-7-9-14(10-8-13)20-25-21(29-26-20)17-6-3-11-27(17)12-18(28)24-19-15(22)4-2-5-16(19)23/h2-11H,12H2,1H3,(H,24,28). The smallest absolute Gasteiger partial charge is 0.274 e. The Hall–Kier alpha value is -3.81. The van der Waals surface area contributed by atoms with Crippen LogP contribution in [-0.4, -0.2) is 20.6 Å². The molecule has 0 spiro atoms. The van der Waals surface area contributed by atoms with Crippen molar-refractivity contribution in [3.05, 3.63) is 78.0 Å². The van der Waals surface area contributed by atoms with Crippen LogP contribution in [0.4, 0.5) is 14.5 Å². The van der Waals surface area contributed by atoms with Gasteiger partial charge in [0.05, 0.1) is 0 Å². The second-order valence-corrected chi connectivity index (χ2v) is 6.46. The van der Waals surface area contributed by atoms with Crippen LogP contribution in [0.2, 0.25) is 0 Å². The van der Waals surface area contributed by atoms with Crippen LogP contribution in [0.25, 0.3) is 23.0 Å². The van der Waals surface area contributed by atoms with Gasteiger partial charge in [0.2, 0.25) is 11.7 Å². The lowest BCUT2D eigenvalue weighted by Gasteiger charge is -2.09. The molecule has 0 bridgehead atoms. The number of hydrogen-bond acceptors (Lipinski definition) is 4. The van der Waals surface area contributed by atoms with Crippen molar-refractivity contribution < 1.29 is 18.1 Å². The maximum Gasteiger partial charge on any atom is 0.274 e. The average Bonchev–Trinajstić information content (AvgIpc) is 3.35. The highest BCUT2D eigenvalue weighted by Crippen LogP contribution is 2.23. The first kappa shape index (κ1) is 18.5. The van der Waals surface area contributed by atoms with Gasteiger partial charge in [-0.3, -0.25) is 4.79 Å². The molecule has 0 aliphatic rings. The first-order valence-corrected chi connectivity index (χ1v) is 8.81. The maximum absolute atomic E-state index is 13.7. The zero-order chi connectivity index (χ0) is 20.4. The van der Waals surface area contributed by atoms with Gasteiger partial charge in [0, 0.05) is 11.8 Å². The fourth-order valence-electron chi connectivity index (χ4n) is 2.84. The number of rotatable bonds is 5. The van der Waals surface area contributed by atoms with Crippen molar-refractivity contribution in [2.24, 2.45) is 0 Å². The van der Waals surface area contributed by atoms with Gasteiger partial charge in [0.1, 0.15) is 29.6 Å². The van der Waals surface area contributed by atoms with Gasteiger partial charge in [-0.15, -0.1) is 0 Å². The fourth-order valence-corrected chi connectivity index (χ4v) is 2.84. The molecule has 1 amide bonds. The molecule has 0 fully saturated rings. The van der Waals surface area contributed by atoms with Crippen molar-refractivity contribution in [2.75, 3.05) is 5.32 Å². The lowest BCUT2D eigenvalue weighted by Crippen LogP contribution is -2.20. The third-order valence-electron chi connectivity index (χ3n) is 4.33. The number of aromatic nitrogens is 3. The molecule has 2 heterocycles. The van der Waals surface area contributed by atoms with Gasteiger partial charge in [-0.25, -0.2) is 8.78 Å². The van der Waals surface area contributed by atoms with Gasteiger partial charge >= 0.3 is 0 Å². The molecule has 146 valence electrons. The van der Waals surface area contributed by atoms with E-state index in [0.29, 0.717) is 11.5 Å². The summed E-state index contributed by atoms with van der Waals surface area (Å²) in [7, 11) is 0. The molecule has 29 heavy (non-hydrogen) atoms. The highest BCUT2D eigenvalue weighted by Gasteiger charge is 2.17. The predicted octanol–water partition coefficient (Wildman–Crippen LogP) is 4.43. The number of para-hydroxylation sites is 1. The first-order chi connectivity index (χ1) is 14.0. The van der Waals surface area contributed by atoms with Crippen molar-refractivity contribution in [2.45, 2.75) is 13.5 Å². The number of carbonyl (C=O) groups excluding carboxylic acids is 1. The summed E-state index contributed by atoms with van der Waals surface area (Å²) in [4.78, 5) is 16.7. The molecule has 4 aromatic rings. The summed E-state index contributed by atoms with van der Waals surface area (Å²) in [6.45, 7) is 1.80. The zero-order valence-corrected chi connectivity index (χ0v) is 15.4. The van der Waals surface area contributed by atoms with Crippen LogP contribution >= 0.6 is 0 Å². The molecule has 4 rings (SSSR count). The van der Waals surface area contributed by atoms with Gasteiger partial charge in [0.15, 0.2) is 0 Å². The number of nitrogens with zero attached hydrogens (tertiary/aromatic N) is 3. The Morgan fingerprint density at radius 2 is 1.79 bits per heavy atom. The van der Waals surface area contributed by atoms with E-state index in [9.17, 15) is 13.6 Å². The molecule has 0 saturated carbocycles. The van der Waals surface area contributed by atoms with Crippen molar-refractivity contribution >= 4 is 11.6 Å². The van der Waals surface area contributed by atoms with E-state index in [4.69, 9.17) is 4.52 Å². The average molecular weight is 394 g/mol. The Bertz CT molecular complexity index is 1150. The van der Waals surface area contributed by atoms with E-state index in [1.807, 2.05) is 31.2 Å². The lowest BCUT2D eigenvalue weighted by molar-refractivity contribution is -0.116. The molecule has 2 aromatic heterocycles. The lowest BCUT2D eigenvalue weighted by atomic mass is 10.1. The Balaban J connectivity index is 1.53. The SMILES string of the molecule is Cc1ccc(-c2noc(-c3cccn3CC(=O)Nc3c(F)cccc3F)n2)cc1. The molecule has 0 aliphatic heterocycles. The minimum atomic E-state index is -0.842. The van der Waals surface area contributed by atoms with Crippen LogP contribution in [0.5, 0.6) is 0 Å². The molecular weight excluding hydrogens is 378 g/mol. The van der Waals surface area contributed by atoms with Gasteiger partial charge in [-0.2, -0.15) is 4.98 Å². The Labute approximate surface area is 164 Å². The summed E-state index contributed by atoms with van der Waals surface area (Å²) in [5, 5.41) is 6.24. The summed E-state index contributed by atoms with van der Waals surface area (Å²) in [5.41, 5.74) is 1.95. The van der Waals surface area contributed by atoms with Gasteiger partial charge < -0.3 is 14.4 Å². The number of nitrogens with one attached hydrogen (secondary N) is 1. The molecule has 0 unspecified atom stereocenters. The Kier molecular flexibility index (Phi) is 4.90. The van der Waals surface area contributed by atoms with Gasteiger partial charge in [-0.05, 0) is 31.2 Å². The number of amides is 1. The van der Waals surface area contributed by atoms with E-state index < -0.39 is 23.2 Å². The monoisotopic (exact) mass is 394 g/mol. The normalized spacial score (nSPS) is 10.9. The Morgan fingerprint density at radius 1 is 1.07 bits per heavy atom. The quantitative estimate of drug-likeness (QED) is 0.544. The molecule has 2 aromatic carbocycles. The number of anilines is 1. The second kappa shape index (κ2) is 7.67. The summed E-state index contributed by atoms with van der Waals surface area (Å²) in [5.74, 6) is -1.62. The number of carbonyl (C=O) groups is 1. The predicted molar refractivity (Wildman–Crippen MR) is 103 cm³/mol. The minimum absolute atomic E-state index is 0.182. The number of halogens is 2. The van der Waals surface area contributed by atoms with E-state index in [1.54, 1.807) is 22.9 Å². The van der Waals surface area contributed by atoms with E-state index in [-0.39, 0.29) is 12.4 Å². The van der Waals surface area contributed by atoms with Gasteiger partial charge in [-0.1, -0.05) is 41.1 Å². The molecule has 1 N–H and O–H groups in total. The topological polar surface area (TPSA) is 73.0 Å². The molecule has 6 nitrogen and oxygen atoms in total. The van der Waals surface area contributed by atoms with E-state index in [2.05, 4.69) is 15.5 Å². The summed E-state index contributed by atoms with van der Waals surface area (Å²) in [6, 6.07) is 14.5. The number of aryl methyl sites for hydroxylation is 1.